The lowest BCUT2D eigenvalue weighted by Gasteiger charge is -2.28. The summed E-state index contributed by atoms with van der Waals surface area (Å²) in [5.41, 5.74) is 6.32. The number of hydrogen-bond acceptors (Lipinski definition) is 2. The first-order chi connectivity index (χ1) is 10.1. The molecule has 2 atom stereocenters. The summed E-state index contributed by atoms with van der Waals surface area (Å²) in [5, 5.41) is 6.64. The number of urea groups is 1. The number of nitrogens with two attached hydrogens (primary N) is 1. The minimum absolute atomic E-state index is 0.233. The smallest absolute Gasteiger partial charge is 0.319 e. The van der Waals surface area contributed by atoms with Crippen LogP contribution in [0.25, 0.3) is 0 Å². The Kier molecular flexibility index (Phi) is 6.15. The van der Waals surface area contributed by atoms with Gasteiger partial charge in [0.2, 0.25) is 0 Å². The SMILES string of the molecule is NCC1CCCC(CNC(=O)Nc2cc(Cl)cc(Cl)c2)C1. The predicted molar refractivity (Wildman–Crippen MR) is 88.0 cm³/mol. The molecule has 1 aliphatic carbocycles. The van der Waals surface area contributed by atoms with Crippen molar-refractivity contribution in [2.45, 2.75) is 25.7 Å². The van der Waals surface area contributed by atoms with Gasteiger partial charge >= 0.3 is 6.03 Å². The van der Waals surface area contributed by atoms with Crippen LogP contribution in [0.2, 0.25) is 10.0 Å². The van der Waals surface area contributed by atoms with E-state index in [0.29, 0.717) is 34.1 Å². The maximum absolute atomic E-state index is 11.9. The van der Waals surface area contributed by atoms with Crippen molar-refractivity contribution in [1.82, 2.24) is 5.32 Å². The molecule has 116 valence electrons. The topological polar surface area (TPSA) is 67.1 Å². The lowest BCUT2D eigenvalue weighted by Crippen LogP contribution is -2.35. The van der Waals surface area contributed by atoms with Crippen molar-refractivity contribution in [3.8, 4) is 0 Å². The highest BCUT2D eigenvalue weighted by molar-refractivity contribution is 6.35. The zero-order valence-corrected chi connectivity index (χ0v) is 13.4. The van der Waals surface area contributed by atoms with Crippen LogP contribution in [0.3, 0.4) is 0 Å². The van der Waals surface area contributed by atoms with Crippen LogP contribution in [0.1, 0.15) is 25.7 Å². The van der Waals surface area contributed by atoms with Crippen LogP contribution in [0.15, 0.2) is 18.2 Å². The molecule has 4 N–H and O–H groups in total. The van der Waals surface area contributed by atoms with Crippen LogP contribution in [0, 0.1) is 11.8 Å². The molecule has 0 saturated heterocycles. The van der Waals surface area contributed by atoms with Gasteiger partial charge in [-0.15, -0.1) is 0 Å². The molecule has 1 aromatic carbocycles. The maximum atomic E-state index is 11.9. The lowest BCUT2D eigenvalue weighted by molar-refractivity contribution is 0.239. The largest absolute Gasteiger partial charge is 0.338 e. The standard InChI is InChI=1S/C15H21Cl2N3O/c16-12-5-13(17)7-14(6-12)20-15(21)19-9-11-3-1-2-10(4-11)8-18/h5-7,10-11H,1-4,8-9,18H2,(H2,19,20,21). The average molecular weight is 330 g/mol. The zero-order valence-electron chi connectivity index (χ0n) is 11.9. The lowest BCUT2D eigenvalue weighted by atomic mass is 9.81. The summed E-state index contributed by atoms with van der Waals surface area (Å²) in [6.07, 6.45) is 4.65. The molecule has 0 spiro atoms. The molecule has 1 fully saturated rings. The Morgan fingerprint density at radius 2 is 1.86 bits per heavy atom. The monoisotopic (exact) mass is 329 g/mol. The van der Waals surface area contributed by atoms with Gasteiger partial charge in [0.15, 0.2) is 0 Å². The highest BCUT2D eigenvalue weighted by Gasteiger charge is 2.21. The van der Waals surface area contributed by atoms with E-state index in [4.69, 9.17) is 28.9 Å². The van der Waals surface area contributed by atoms with Crippen molar-refractivity contribution in [3.05, 3.63) is 28.2 Å². The van der Waals surface area contributed by atoms with Crippen molar-refractivity contribution >= 4 is 34.9 Å². The fourth-order valence-corrected chi connectivity index (χ4v) is 3.37. The first kappa shape index (κ1) is 16.4. The fraction of sp³-hybridized carbons (Fsp3) is 0.533. The predicted octanol–water partition coefficient (Wildman–Crippen LogP) is 3.88. The van der Waals surface area contributed by atoms with Crippen molar-refractivity contribution in [1.29, 1.82) is 0 Å². The summed E-state index contributed by atoms with van der Waals surface area (Å²) in [5.74, 6) is 1.11. The second-order valence-electron chi connectivity index (χ2n) is 5.63. The van der Waals surface area contributed by atoms with Crippen LogP contribution in [-0.2, 0) is 0 Å². The first-order valence-corrected chi connectivity index (χ1v) is 8.03. The number of amides is 2. The highest BCUT2D eigenvalue weighted by Crippen LogP contribution is 2.28. The average Bonchev–Trinajstić information content (AvgIpc) is 2.44. The minimum atomic E-state index is -0.233. The summed E-state index contributed by atoms with van der Waals surface area (Å²) in [6.45, 7) is 1.42. The first-order valence-electron chi connectivity index (χ1n) is 7.28. The molecule has 2 rings (SSSR count). The molecule has 0 radical (unpaired) electrons. The molecule has 0 heterocycles. The Hall–Kier alpha value is -0.970. The van der Waals surface area contributed by atoms with Gasteiger partial charge in [0.1, 0.15) is 0 Å². The third kappa shape index (κ3) is 5.38. The second-order valence-corrected chi connectivity index (χ2v) is 6.50. The fourth-order valence-electron chi connectivity index (χ4n) is 2.84. The summed E-state index contributed by atoms with van der Waals surface area (Å²) >= 11 is 11.8. The van der Waals surface area contributed by atoms with Crippen molar-refractivity contribution in [3.63, 3.8) is 0 Å². The van der Waals surface area contributed by atoms with E-state index in [-0.39, 0.29) is 6.03 Å². The summed E-state index contributed by atoms with van der Waals surface area (Å²) in [7, 11) is 0. The number of halogens is 2. The Morgan fingerprint density at radius 3 is 2.52 bits per heavy atom. The summed E-state index contributed by atoms with van der Waals surface area (Å²) < 4.78 is 0. The molecule has 0 aliphatic heterocycles. The summed E-state index contributed by atoms with van der Waals surface area (Å²) in [6, 6.07) is 4.72. The van der Waals surface area contributed by atoms with Crippen molar-refractivity contribution < 1.29 is 4.79 Å². The number of nitrogens with one attached hydrogen (secondary N) is 2. The number of anilines is 1. The van der Waals surface area contributed by atoms with Crippen molar-refractivity contribution in [2.75, 3.05) is 18.4 Å². The molecule has 1 aliphatic rings. The Bertz CT molecular complexity index is 476. The molecule has 21 heavy (non-hydrogen) atoms. The molecule has 6 heteroatoms. The number of rotatable bonds is 4. The van der Waals surface area contributed by atoms with Crippen molar-refractivity contribution in [2.24, 2.45) is 17.6 Å². The van der Waals surface area contributed by atoms with Gasteiger partial charge in [-0.1, -0.05) is 29.6 Å². The third-order valence-electron chi connectivity index (χ3n) is 3.90. The molecule has 2 amide bonds. The number of hydrogen-bond donors (Lipinski definition) is 3. The normalized spacial score (nSPS) is 21.9. The van der Waals surface area contributed by atoms with E-state index in [1.807, 2.05) is 0 Å². The Morgan fingerprint density at radius 1 is 1.19 bits per heavy atom. The van der Waals surface area contributed by atoms with Gasteiger partial charge in [0.05, 0.1) is 0 Å². The number of carbonyl (C=O) groups excluding carboxylic acids is 1. The van der Waals surface area contributed by atoms with Gasteiger partial charge in [0, 0.05) is 22.3 Å². The van der Waals surface area contributed by atoms with Crippen LogP contribution in [0.5, 0.6) is 0 Å². The summed E-state index contributed by atoms with van der Waals surface area (Å²) in [4.78, 5) is 11.9. The van der Waals surface area contributed by atoms with E-state index < -0.39 is 0 Å². The van der Waals surface area contributed by atoms with E-state index in [1.165, 1.54) is 12.8 Å². The molecule has 0 bridgehead atoms. The second kappa shape index (κ2) is 7.87. The van der Waals surface area contributed by atoms with Gasteiger partial charge in [0.25, 0.3) is 0 Å². The molecule has 0 aromatic heterocycles. The molecular weight excluding hydrogens is 309 g/mol. The third-order valence-corrected chi connectivity index (χ3v) is 4.33. The minimum Gasteiger partial charge on any atom is -0.338 e. The van der Waals surface area contributed by atoms with E-state index in [2.05, 4.69) is 10.6 Å². The molecule has 1 aromatic rings. The highest BCUT2D eigenvalue weighted by atomic mass is 35.5. The van der Waals surface area contributed by atoms with Crippen LogP contribution in [0.4, 0.5) is 10.5 Å². The van der Waals surface area contributed by atoms with Gasteiger partial charge in [-0.25, -0.2) is 4.79 Å². The van der Waals surface area contributed by atoms with E-state index in [0.717, 1.165) is 19.4 Å². The molecule has 1 saturated carbocycles. The van der Waals surface area contributed by atoms with E-state index in [9.17, 15) is 4.79 Å². The zero-order chi connectivity index (χ0) is 15.2. The van der Waals surface area contributed by atoms with Crippen LogP contribution in [-0.4, -0.2) is 19.1 Å². The molecule has 4 nitrogen and oxygen atoms in total. The van der Waals surface area contributed by atoms with E-state index in [1.54, 1.807) is 18.2 Å². The van der Waals surface area contributed by atoms with Gasteiger partial charge in [-0.3, -0.25) is 0 Å². The van der Waals surface area contributed by atoms with Gasteiger partial charge in [-0.05, 0) is 55.8 Å². The van der Waals surface area contributed by atoms with Crippen LogP contribution >= 0.6 is 23.2 Å². The molecular formula is C15H21Cl2N3O. The van der Waals surface area contributed by atoms with Gasteiger partial charge in [-0.2, -0.15) is 0 Å². The van der Waals surface area contributed by atoms with Gasteiger partial charge < -0.3 is 16.4 Å². The molecule has 2 unspecified atom stereocenters. The van der Waals surface area contributed by atoms with E-state index >= 15 is 0 Å². The Labute approximate surface area is 135 Å². The quantitative estimate of drug-likeness (QED) is 0.784. The van der Waals surface area contributed by atoms with Crippen LogP contribution < -0.4 is 16.4 Å². The number of benzene rings is 1. The number of carbonyl (C=O) groups is 1. The Balaban J connectivity index is 1.79. The maximum Gasteiger partial charge on any atom is 0.319 e.